The van der Waals surface area contributed by atoms with Crippen molar-refractivity contribution in [2.75, 3.05) is 10.0 Å². The van der Waals surface area contributed by atoms with Crippen molar-refractivity contribution < 1.29 is 18.1 Å². The first-order valence-electron chi connectivity index (χ1n) is 10.5. The van der Waals surface area contributed by atoms with Crippen LogP contribution in [0.3, 0.4) is 0 Å². The first-order chi connectivity index (χ1) is 15.4. The standard InChI is InChI=1S/C22H24N6O3S/c1-3-17(4-2)28-20(29)13-15-14-24-22(26-21(15)28)25-16-8-10-18(11-9-16)32(30,31)27-19-7-5-6-12-23-19/h5-12,14,17H,3-4,13H2,1-2H3,(H,23,27)(H,24,25,26)/p+1. The van der Waals surface area contributed by atoms with Gasteiger partial charge >= 0.3 is 5.91 Å². The van der Waals surface area contributed by atoms with Crippen LogP contribution in [0, 0.1) is 0 Å². The molecule has 1 aliphatic rings. The van der Waals surface area contributed by atoms with Crippen molar-refractivity contribution >= 4 is 39.2 Å². The Hall–Kier alpha value is -3.37. The van der Waals surface area contributed by atoms with Crippen LogP contribution in [-0.4, -0.2) is 35.3 Å². The van der Waals surface area contributed by atoms with E-state index in [0.29, 0.717) is 18.1 Å². The molecular weight excluding hydrogens is 428 g/mol. The summed E-state index contributed by atoms with van der Waals surface area (Å²) in [4.78, 5) is 26.3. The zero-order chi connectivity index (χ0) is 22.7. The third kappa shape index (κ3) is 4.46. The van der Waals surface area contributed by atoms with Crippen LogP contribution >= 0.6 is 0 Å². The van der Waals surface area contributed by atoms with E-state index in [4.69, 9.17) is 0 Å². The van der Waals surface area contributed by atoms with Gasteiger partial charge in [-0.1, -0.05) is 19.9 Å². The number of anilines is 3. The predicted molar refractivity (Wildman–Crippen MR) is 121 cm³/mol. The molecule has 1 aromatic carbocycles. The van der Waals surface area contributed by atoms with Gasteiger partial charge in [-0.05, 0) is 49.2 Å². The average molecular weight is 454 g/mol. The number of hydrogen-bond acceptors (Lipinski definition) is 7. The number of nitrogens with one attached hydrogen (secondary N) is 3. The molecular formula is C22H25N6O3S+. The molecule has 2 aromatic heterocycles. The lowest BCUT2D eigenvalue weighted by molar-refractivity contribution is -0.779. The molecule has 0 bridgehead atoms. The summed E-state index contributed by atoms with van der Waals surface area (Å²) >= 11 is 0. The Balaban J connectivity index is 1.52. The van der Waals surface area contributed by atoms with Crippen LogP contribution in [0.25, 0.3) is 0 Å². The number of fused-ring (bicyclic) bond motifs is 1. The van der Waals surface area contributed by atoms with Crippen molar-refractivity contribution in [2.45, 2.75) is 44.0 Å². The maximum atomic E-state index is 12.6. The minimum atomic E-state index is -3.75. The summed E-state index contributed by atoms with van der Waals surface area (Å²) in [7, 11) is -3.75. The number of sulfonamides is 1. The summed E-state index contributed by atoms with van der Waals surface area (Å²) in [6.07, 6.45) is 5.31. The van der Waals surface area contributed by atoms with Gasteiger partial charge < -0.3 is 5.32 Å². The van der Waals surface area contributed by atoms with Gasteiger partial charge in [0, 0.05) is 18.1 Å². The van der Waals surface area contributed by atoms with E-state index in [1.54, 1.807) is 36.5 Å². The molecule has 1 aliphatic heterocycles. The molecule has 4 rings (SSSR count). The molecule has 0 saturated heterocycles. The first-order valence-corrected chi connectivity index (χ1v) is 12.0. The smallest absolute Gasteiger partial charge is 0.323 e. The Bertz CT molecular complexity index is 1210. The molecule has 3 aromatic rings. The third-order valence-electron chi connectivity index (χ3n) is 5.49. The fraction of sp³-hybridized carbons (Fsp3) is 0.273. The Morgan fingerprint density at radius 2 is 1.81 bits per heavy atom. The third-order valence-corrected chi connectivity index (χ3v) is 6.86. The van der Waals surface area contributed by atoms with Crippen LogP contribution in [-0.2, 0) is 21.2 Å². The molecule has 166 valence electrons. The molecule has 1 atom stereocenters. The van der Waals surface area contributed by atoms with Gasteiger partial charge in [0.15, 0.2) is 0 Å². The summed E-state index contributed by atoms with van der Waals surface area (Å²) in [5.74, 6) is 1.46. The number of benzene rings is 1. The Morgan fingerprint density at radius 1 is 1.06 bits per heavy atom. The highest BCUT2D eigenvalue weighted by Crippen LogP contribution is 2.21. The van der Waals surface area contributed by atoms with Crippen LogP contribution in [0.2, 0.25) is 0 Å². The summed E-state index contributed by atoms with van der Waals surface area (Å²) in [6.45, 7) is 4.15. The van der Waals surface area contributed by atoms with Gasteiger partial charge in [-0.25, -0.2) is 28.1 Å². The van der Waals surface area contributed by atoms with Crippen molar-refractivity contribution in [3.8, 4) is 0 Å². The predicted octanol–water partition coefficient (Wildman–Crippen LogP) is 2.20. The number of aromatic nitrogens is 3. The largest absolute Gasteiger partial charge is 0.324 e. The van der Waals surface area contributed by atoms with E-state index < -0.39 is 10.0 Å². The summed E-state index contributed by atoms with van der Waals surface area (Å²) in [5, 5.41) is 3.10. The van der Waals surface area contributed by atoms with Crippen molar-refractivity contribution in [3.63, 3.8) is 0 Å². The van der Waals surface area contributed by atoms with Gasteiger partial charge in [-0.15, -0.1) is 0 Å². The minimum Gasteiger partial charge on any atom is -0.324 e. The topological polar surface area (TPSA) is 118 Å². The second-order valence-corrected chi connectivity index (χ2v) is 9.25. The molecule has 3 N–H and O–H groups in total. The monoisotopic (exact) mass is 453 g/mol. The van der Waals surface area contributed by atoms with E-state index in [9.17, 15) is 13.2 Å². The zero-order valence-electron chi connectivity index (χ0n) is 17.9. The second kappa shape index (κ2) is 9.01. The molecule has 1 unspecified atom stereocenters. The van der Waals surface area contributed by atoms with Crippen molar-refractivity contribution in [3.05, 3.63) is 60.4 Å². The molecule has 0 spiro atoms. The second-order valence-electron chi connectivity index (χ2n) is 7.56. The molecule has 1 amide bonds. The lowest BCUT2D eigenvalue weighted by Crippen LogP contribution is -3.12. The van der Waals surface area contributed by atoms with Crippen molar-refractivity contribution in [1.29, 1.82) is 0 Å². The molecule has 32 heavy (non-hydrogen) atoms. The van der Waals surface area contributed by atoms with E-state index >= 15 is 0 Å². The van der Waals surface area contributed by atoms with Crippen LogP contribution in [0.5, 0.6) is 0 Å². The number of carbonyl (C=O) groups is 1. The van der Waals surface area contributed by atoms with Gasteiger partial charge in [0.05, 0.1) is 22.9 Å². The summed E-state index contributed by atoms with van der Waals surface area (Å²) in [5.41, 5.74) is 1.49. The highest BCUT2D eigenvalue weighted by Gasteiger charge is 2.39. The Kier molecular flexibility index (Phi) is 6.15. The van der Waals surface area contributed by atoms with E-state index in [0.717, 1.165) is 29.1 Å². The van der Waals surface area contributed by atoms with Gasteiger partial charge in [0.25, 0.3) is 10.0 Å². The zero-order valence-corrected chi connectivity index (χ0v) is 18.7. The van der Waals surface area contributed by atoms with Crippen molar-refractivity contribution in [1.82, 2.24) is 15.0 Å². The summed E-state index contributed by atoms with van der Waals surface area (Å²) < 4.78 is 27.6. The molecule has 0 radical (unpaired) electrons. The minimum absolute atomic E-state index is 0.110. The number of nitrogens with zero attached hydrogens (tertiary/aromatic N) is 3. The van der Waals surface area contributed by atoms with Gasteiger partial charge in [0.1, 0.15) is 5.82 Å². The van der Waals surface area contributed by atoms with E-state index in [2.05, 4.69) is 38.8 Å². The fourth-order valence-corrected chi connectivity index (χ4v) is 4.82. The summed E-state index contributed by atoms with van der Waals surface area (Å²) in [6, 6.07) is 11.4. The molecule has 0 fully saturated rings. The number of hydrogen-bond donors (Lipinski definition) is 3. The maximum absolute atomic E-state index is 12.6. The molecule has 3 heterocycles. The van der Waals surface area contributed by atoms with Crippen LogP contribution in [0.1, 0.15) is 32.3 Å². The van der Waals surface area contributed by atoms with Gasteiger partial charge in [-0.2, -0.15) is 4.98 Å². The number of amides is 1. The average Bonchev–Trinajstić information content (AvgIpc) is 3.11. The Morgan fingerprint density at radius 3 is 2.47 bits per heavy atom. The van der Waals surface area contributed by atoms with Crippen LogP contribution < -0.4 is 14.9 Å². The van der Waals surface area contributed by atoms with Crippen LogP contribution in [0.4, 0.5) is 23.3 Å². The Labute approximate surface area is 187 Å². The lowest BCUT2D eigenvalue weighted by atomic mass is 10.1. The number of quaternary nitrogens is 1. The van der Waals surface area contributed by atoms with E-state index in [1.807, 2.05) is 0 Å². The number of carbonyl (C=O) groups excluding carboxylic acids is 1. The lowest BCUT2D eigenvalue weighted by Gasteiger charge is -2.19. The maximum Gasteiger partial charge on any atom is 0.323 e. The normalized spacial score (nSPS) is 15.6. The SMILES string of the molecule is CCC(CC)[NH+]1C(=O)Cc2cnc(Nc3ccc(S(=O)(=O)Nc4ccccn4)cc3)nc21. The highest BCUT2D eigenvalue weighted by atomic mass is 32.2. The van der Waals surface area contributed by atoms with E-state index in [1.165, 1.54) is 18.3 Å². The molecule has 9 nitrogen and oxygen atoms in total. The van der Waals surface area contributed by atoms with Crippen molar-refractivity contribution in [2.24, 2.45) is 0 Å². The first kappa shape index (κ1) is 21.8. The van der Waals surface area contributed by atoms with E-state index in [-0.39, 0.29) is 22.7 Å². The molecule has 0 aliphatic carbocycles. The van der Waals surface area contributed by atoms with Gasteiger partial charge in [-0.3, -0.25) is 4.72 Å². The number of pyridine rings is 1. The molecule has 10 heteroatoms. The molecule has 0 saturated carbocycles. The van der Waals surface area contributed by atoms with Crippen LogP contribution in [0.15, 0.2) is 59.8 Å². The van der Waals surface area contributed by atoms with Gasteiger partial charge in [0.2, 0.25) is 11.8 Å². The number of rotatable bonds is 8. The quantitative estimate of drug-likeness (QED) is 0.478. The fourth-order valence-electron chi connectivity index (χ4n) is 3.81. The highest BCUT2D eigenvalue weighted by molar-refractivity contribution is 7.92.